The van der Waals surface area contributed by atoms with Gasteiger partial charge in [-0.25, -0.2) is 9.97 Å². The van der Waals surface area contributed by atoms with E-state index >= 15 is 0 Å². The molecule has 3 heterocycles. The van der Waals surface area contributed by atoms with Crippen LogP contribution >= 0.6 is 0 Å². The van der Waals surface area contributed by atoms with Crippen LogP contribution in [0.2, 0.25) is 0 Å². The van der Waals surface area contributed by atoms with E-state index in [2.05, 4.69) is 49.4 Å². The molecule has 4 rings (SSSR count). The van der Waals surface area contributed by atoms with Crippen LogP contribution in [0.15, 0.2) is 71.6 Å². The topological polar surface area (TPSA) is 74.5 Å². The fraction of sp³-hybridized carbons (Fsp3) is 0.190. The molecular weight excluding hydrogens is 354 g/mol. The van der Waals surface area contributed by atoms with E-state index in [-0.39, 0.29) is 5.91 Å². The minimum Gasteiger partial charge on any atom is -0.465 e. The Hall–Kier alpha value is -3.61. The number of piperazine rings is 1. The van der Waals surface area contributed by atoms with E-state index in [9.17, 15) is 4.79 Å². The normalized spacial score (nSPS) is 14.4. The third-order valence-electron chi connectivity index (χ3n) is 4.53. The van der Waals surface area contributed by atoms with Crippen LogP contribution in [0.5, 0.6) is 0 Å². The number of anilines is 3. The van der Waals surface area contributed by atoms with Crippen LogP contribution in [-0.2, 0) is 4.79 Å². The number of aromatic nitrogens is 2. The molecule has 28 heavy (non-hydrogen) atoms. The predicted octanol–water partition coefficient (Wildman–Crippen LogP) is 3.05. The summed E-state index contributed by atoms with van der Waals surface area (Å²) < 4.78 is 5.15. The van der Waals surface area contributed by atoms with Crippen molar-refractivity contribution >= 4 is 29.3 Å². The predicted molar refractivity (Wildman–Crippen MR) is 109 cm³/mol. The van der Waals surface area contributed by atoms with Gasteiger partial charge in [0.1, 0.15) is 5.76 Å². The molecule has 1 aliphatic rings. The van der Waals surface area contributed by atoms with E-state index in [0.717, 1.165) is 26.2 Å². The highest BCUT2D eigenvalue weighted by molar-refractivity contribution is 6.01. The van der Waals surface area contributed by atoms with Crippen LogP contribution in [0.25, 0.3) is 6.08 Å². The highest BCUT2D eigenvalue weighted by atomic mass is 16.3. The van der Waals surface area contributed by atoms with Gasteiger partial charge in [-0.1, -0.05) is 18.2 Å². The number of carbonyl (C=O) groups is 1. The van der Waals surface area contributed by atoms with Gasteiger partial charge in [0.05, 0.1) is 24.3 Å². The highest BCUT2D eigenvalue weighted by Gasteiger charge is 2.19. The molecule has 1 saturated heterocycles. The summed E-state index contributed by atoms with van der Waals surface area (Å²) >= 11 is 0. The number of nitrogens with zero attached hydrogens (tertiary/aromatic N) is 4. The number of hydrogen-bond donors (Lipinski definition) is 1. The minimum absolute atomic E-state index is 0.260. The van der Waals surface area contributed by atoms with Crippen molar-refractivity contribution in [1.29, 1.82) is 0 Å². The molecule has 0 radical (unpaired) electrons. The number of hydrogen-bond acceptors (Lipinski definition) is 6. The number of para-hydroxylation sites is 1. The van der Waals surface area contributed by atoms with E-state index in [1.165, 1.54) is 11.8 Å². The van der Waals surface area contributed by atoms with Gasteiger partial charge < -0.3 is 19.5 Å². The van der Waals surface area contributed by atoms with E-state index in [0.29, 0.717) is 17.4 Å². The van der Waals surface area contributed by atoms with Gasteiger partial charge in [0, 0.05) is 37.9 Å². The van der Waals surface area contributed by atoms with Crippen molar-refractivity contribution < 1.29 is 9.21 Å². The van der Waals surface area contributed by atoms with Gasteiger partial charge in [0.15, 0.2) is 0 Å². The summed E-state index contributed by atoms with van der Waals surface area (Å²) in [5.74, 6) is 1.04. The molecule has 1 fully saturated rings. The summed E-state index contributed by atoms with van der Waals surface area (Å²) in [5, 5.41) is 2.74. The molecule has 0 bridgehead atoms. The monoisotopic (exact) mass is 375 g/mol. The minimum atomic E-state index is -0.260. The van der Waals surface area contributed by atoms with Crippen molar-refractivity contribution in [2.75, 3.05) is 41.3 Å². The van der Waals surface area contributed by atoms with Gasteiger partial charge >= 0.3 is 0 Å². The van der Waals surface area contributed by atoms with Crippen molar-refractivity contribution in [3.05, 3.63) is 73.0 Å². The molecule has 2 aromatic heterocycles. The first-order valence-electron chi connectivity index (χ1n) is 9.17. The second-order valence-electron chi connectivity index (χ2n) is 6.42. The fourth-order valence-corrected chi connectivity index (χ4v) is 3.08. The molecule has 1 aliphatic heterocycles. The van der Waals surface area contributed by atoms with Gasteiger partial charge in [-0.2, -0.15) is 0 Å². The maximum Gasteiger partial charge on any atom is 0.248 e. The van der Waals surface area contributed by atoms with Crippen LogP contribution in [0, 0.1) is 0 Å². The van der Waals surface area contributed by atoms with Gasteiger partial charge in [0.2, 0.25) is 11.9 Å². The Balaban J connectivity index is 1.30. The lowest BCUT2D eigenvalue weighted by Gasteiger charge is -2.36. The molecular formula is C21H21N5O2. The molecule has 3 aromatic rings. The van der Waals surface area contributed by atoms with Crippen molar-refractivity contribution in [3.8, 4) is 0 Å². The first-order valence-corrected chi connectivity index (χ1v) is 9.17. The fourth-order valence-electron chi connectivity index (χ4n) is 3.08. The Morgan fingerprint density at radius 1 is 0.964 bits per heavy atom. The number of carbonyl (C=O) groups excluding carboxylic acids is 1. The second-order valence-corrected chi connectivity index (χ2v) is 6.42. The lowest BCUT2D eigenvalue weighted by molar-refractivity contribution is -0.111. The van der Waals surface area contributed by atoms with Gasteiger partial charge in [0.25, 0.3) is 0 Å². The van der Waals surface area contributed by atoms with Crippen LogP contribution in [0.1, 0.15) is 5.76 Å². The number of amides is 1. The number of furan rings is 1. The summed E-state index contributed by atoms with van der Waals surface area (Å²) in [6, 6.07) is 13.9. The molecule has 0 saturated carbocycles. The maximum atomic E-state index is 12.0. The van der Waals surface area contributed by atoms with E-state index < -0.39 is 0 Å². The summed E-state index contributed by atoms with van der Waals surface area (Å²) in [7, 11) is 0. The van der Waals surface area contributed by atoms with Crippen LogP contribution in [0.3, 0.4) is 0 Å². The Morgan fingerprint density at radius 2 is 1.68 bits per heavy atom. The molecule has 1 amide bonds. The SMILES string of the molecule is O=C(/C=C/c1ccco1)Nc1cnc(N2CCN(c3ccccc3)CC2)nc1. The standard InChI is InChI=1S/C21H21N5O2/c27-20(9-8-19-7-4-14-28-19)24-17-15-22-21(23-16-17)26-12-10-25(11-13-26)18-5-2-1-3-6-18/h1-9,14-16H,10-13H2,(H,24,27)/b9-8+. The largest absolute Gasteiger partial charge is 0.465 e. The van der Waals surface area contributed by atoms with E-state index in [4.69, 9.17) is 4.42 Å². The van der Waals surface area contributed by atoms with Crippen molar-refractivity contribution in [3.63, 3.8) is 0 Å². The van der Waals surface area contributed by atoms with Crippen LogP contribution in [0.4, 0.5) is 17.3 Å². The molecule has 0 spiro atoms. The molecule has 0 aliphatic carbocycles. The third-order valence-corrected chi connectivity index (χ3v) is 4.53. The van der Waals surface area contributed by atoms with Crippen molar-refractivity contribution in [2.45, 2.75) is 0 Å². The Morgan fingerprint density at radius 3 is 2.36 bits per heavy atom. The lowest BCUT2D eigenvalue weighted by Crippen LogP contribution is -2.47. The average Bonchev–Trinajstić information content (AvgIpc) is 3.27. The third kappa shape index (κ3) is 4.37. The first kappa shape index (κ1) is 17.8. The van der Waals surface area contributed by atoms with Crippen molar-refractivity contribution in [2.24, 2.45) is 0 Å². The molecule has 7 nitrogen and oxygen atoms in total. The van der Waals surface area contributed by atoms with Gasteiger partial charge in [-0.15, -0.1) is 0 Å². The summed E-state index contributed by atoms with van der Waals surface area (Å²) in [6.45, 7) is 3.55. The number of nitrogens with one attached hydrogen (secondary N) is 1. The zero-order valence-corrected chi connectivity index (χ0v) is 15.4. The summed E-state index contributed by atoms with van der Waals surface area (Å²) in [5.41, 5.74) is 1.80. The molecule has 0 unspecified atom stereocenters. The highest BCUT2D eigenvalue weighted by Crippen LogP contribution is 2.18. The van der Waals surface area contributed by atoms with Crippen LogP contribution in [-0.4, -0.2) is 42.1 Å². The molecule has 7 heteroatoms. The molecule has 142 valence electrons. The Labute approximate surface area is 163 Å². The molecule has 0 atom stereocenters. The van der Waals surface area contributed by atoms with E-state index in [1.807, 2.05) is 6.07 Å². The smallest absolute Gasteiger partial charge is 0.248 e. The Bertz CT molecular complexity index is 915. The van der Waals surface area contributed by atoms with Crippen molar-refractivity contribution in [1.82, 2.24) is 9.97 Å². The maximum absolute atomic E-state index is 12.0. The van der Waals surface area contributed by atoms with E-state index in [1.54, 1.807) is 36.9 Å². The quantitative estimate of drug-likeness (QED) is 0.691. The summed E-state index contributed by atoms with van der Waals surface area (Å²) in [6.07, 6.45) is 7.84. The van der Waals surface area contributed by atoms with Gasteiger partial charge in [-0.05, 0) is 30.3 Å². The zero-order chi connectivity index (χ0) is 19.2. The number of rotatable bonds is 5. The number of benzene rings is 1. The zero-order valence-electron chi connectivity index (χ0n) is 15.4. The average molecular weight is 375 g/mol. The Kier molecular flexibility index (Phi) is 5.33. The molecule has 1 aromatic carbocycles. The lowest BCUT2D eigenvalue weighted by atomic mass is 10.2. The second kappa shape index (κ2) is 8.39. The van der Waals surface area contributed by atoms with Crippen LogP contribution < -0.4 is 15.1 Å². The summed E-state index contributed by atoms with van der Waals surface area (Å²) in [4.78, 5) is 25.3. The van der Waals surface area contributed by atoms with Gasteiger partial charge in [-0.3, -0.25) is 4.79 Å². The first-order chi connectivity index (χ1) is 13.8. The molecule has 1 N–H and O–H groups in total.